The fourth-order valence-electron chi connectivity index (χ4n) is 3.78. The Kier molecular flexibility index (Phi) is 4.58. The lowest BCUT2D eigenvalue weighted by atomic mass is 9.95. The van der Waals surface area contributed by atoms with Gasteiger partial charge >= 0.3 is 0 Å². The molecule has 1 N–H and O–H groups in total. The Morgan fingerprint density at radius 3 is 2.82 bits per heavy atom. The molecule has 144 valence electrons. The number of carbonyl (C=O) groups is 1. The highest BCUT2D eigenvalue weighted by atomic mass is 19.2. The summed E-state index contributed by atoms with van der Waals surface area (Å²) in [6.07, 6.45) is 2.82. The molecule has 4 rings (SSSR count). The highest BCUT2D eigenvalue weighted by Crippen LogP contribution is 2.44. The van der Waals surface area contributed by atoms with Crippen molar-refractivity contribution >= 4 is 22.6 Å². The predicted molar refractivity (Wildman–Crippen MR) is 102 cm³/mol. The Morgan fingerprint density at radius 2 is 2.07 bits per heavy atom. The smallest absolute Gasteiger partial charge is 0.294 e. The Hall–Kier alpha value is -3.22. The molecule has 1 aliphatic heterocycles. The number of methoxy groups -OCH3 is 1. The van der Waals surface area contributed by atoms with Crippen molar-refractivity contribution in [1.29, 1.82) is 0 Å². The Labute approximate surface area is 160 Å². The first-order chi connectivity index (χ1) is 13.6. The Balaban J connectivity index is 1.92. The third-order valence-electron chi connectivity index (χ3n) is 4.97. The van der Waals surface area contributed by atoms with Crippen molar-refractivity contribution in [1.82, 2.24) is 9.97 Å². The summed E-state index contributed by atoms with van der Waals surface area (Å²) in [5.41, 5.74) is 2.79. The van der Waals surface area contributed by atoms with Crippen molar-refractivity contribution in [2.45, 2.75) is 25.8 Å². The number of halogens is 2. The summed E-state index contributed by atoms with van der Waals surface area (Å²) in [4.78, 5) is 21.8. The van der Waals surface area contributed by atoms with E-state index in [4.69, 9.17) is 4.74 Å². The fraction of sp³-hybridized carbons (Fsp3) is 0.238. The molecule has 1 atom stereocenters. The van der Waals surface area contributed by atoms with Gasteiger partial charge in [0.05, 0.1) is 30.5 Å². The molecule has 0 aliphatic carbocycles. The number of nitrogens with zero attached hydrogens (tertiary/aromatic N) is 2. The molecule has 0 spiro atoms. The maximum absolute atomic E-state index is 14.7. The highest BCUT2D eigenvalue weighted by Gasteiger charge is 2.43. The number of H-pyrrole nitrogens is 1. The number of carbonyl (C=O) groups excluding carboxylic acids is 1. The van der Waals surface area contributed by atoms with Crippen LogP contribution in [0.1, 0.15) is 31.4 Å². The van der Waals surface area contributed by atoms with E-state index in [1.54, 1.807) is 24.5 Å². The van der Waals surface area contributed by atoms with Crippen LogP contribution in [-0.2, 0) is 9.53 Å². The van der Waals surface area contributed by atoms with Gasteiger partial charge in [0.25, 0.3) is 5.91 Å². The van der Waals surface area contributed by atoms with Gasteiger partial charge in [-0.05, 0) is 30.7 Å². The zero-order valence-corrected chi connectivity index (χ0v) is 15.5. The lowest BCUT2D eigenvalue weighted by Crippen LogP contribution is -2.31. The Bertz CT molecular complexity index is 1090. The number of imidazole rings is 1. The van der Waals surface area contributed by atoms with Crippen molar-refractivity contribution in [3.63, 3.8) is 0 Å². The number of anilines is 1. The fourth-order valence-corrected chi connectivity index (χ4v) is 3.78. The second-order valence-electron chi connectivity index (χ2n) is 6.63. The summed E-state index contributed by atoms with van der Waals surface area (Å²) in [7, 11) is 1.42. The average molecular weight is 383 g/mol. The molecule has 1 amide bonds. The second kappa shape index (κ2) is 7.07. The zero-order chi connectivity index (χ0) is 19.8. The minimum Gasteiger partial charge on any atom is -0.491 e. The molecule has 0 saturated carbocycles. The molecule has 7 heteroatoms. The van der Waals surface area contributed by atoms with Crippen LogP contribution >= 0.6 is 0 Å². The Morgan fingerprint density at radius 1 is 1.25 bits per heavy atom. The van der Waals surface area contributed by atoms with E-state index in [9.17, 15) is 13.6 Å². The number of hydrogen-bond donors (Lipinski definition) is 1. The van der Waals surface area contributed by atoms with Crippen LogP contribution in [0.25, 0.3) is 11.0 Å². The van der Waals surface area contributed by atoms with Gasteiger partial charge in [-0.1, -0.05) is 25.5 Å². The van der Waals surface area contributed by atoms with Crippen molar-refractivity contribution in [3.05, 3.63) is 71.3 Å². The van der Waals surface area contributed by atoms with Crippen LogP contribution in [0.3, 0.4) is 0 Å². The minimum atomic E-state index is -0.959. The molecule has 2 heterocycles. The summed E-state index contributed by atoms with van der Waals surface area (Å²) >= 11 is 0. The first-order valence-electron chi connectivity index (χ1n) is 9.04. The van der Waals surface area contributed by atoms with E-state index >= 15 is 0 Å². The SMILES string of the molecule is CCCC1=C(OC)C(=O)N(c2ccc3nc[nH]c3c2)C1c1cccc(F)c1F. The van der Waals surface area contributed by atoms with Gasteiger partial charge in [-0.2, -0.15) is 0 Å². The molecule has 1 aliphatic rings. The van der Waals surface area contributed by atoms with E-state index in [0.29, 0.717) is 17.7 Å². The van der Waals surface area contributed by atoms with E-state index in [1.807, 2.05) is 6.92 Å². The third kappa shape index (κ3) is 2.74. The van der Waals surface area contributed by atoms with Crippen LogP contribution in [-0.4, -0.2) is 23.0 Å². The standard InChI is InChI=1S/C21H19F2N3O2/c1-3-5-14-19(13-6-4-7-15(22)18(13)23)26(21(27)20(14)28-2)12-8-9-16-17(10-12)25-11-24-16/h4,6-11,19H,3,5H2,1-2H3,(H,24,25). The first kappa shape index (κ1) is 18.2. The number of hydrogen-bond acceptors (Lipinski definition) is 3. The molecule has 1 aromatic heterocycles. The molecule has 3 aromatic rings. The summed E-state index contributed by atoms with van der Waals surface area (Å²) in [5, 5.41) is 0. The minimum absolute atomic E-state index is 0.105. The number of benzene rings is 2. The van der Waals surface area contributed by atoms with E-state index < -0.39 is 17.7 Å². The van der Waals surface area contributed by atoms with Crippen LogP contribution in [0.2, 0.25) is 0 Å². The van der Waals surface area contributed by atoms with Crippen LogP contribution in [0.5, 0.6) is 0 Å². The van der Waals surface area contributed by atoms with E-state index in [1.165, 1.54) is 24.1 Å². The number of aromatic amines is 1. The molecule has 0 radical (unpaired) electrons. The number of nitrogens with one attached hydrogen (secondary N) is 1. The van der Waals surface area contributed by atoms with Gasteiger partial charge in [-0.3, -0.25) is 9.69 Å². The monoisotopic (exact) mass is 383 g/mol. The lowest BCUT2D eigenvalue weighted by Gasteiger charge is -2.27. The molecule has 28 heavy (non-hydrogen) atoms. The molecule has 1 unspecified atom stereocenters. The van der Waals surface area contributed by atoms with Gasteiger partial charge in [-0.15, -0.1) is 0 Å². The van der Waals surface area contributed by atoms with Gasteiger partial charge in [0.1, 0.15) is 0 Å². The normalized spacial score (nSPS) is 17.1. The first-order valence-corrected chi connectivity index (χ1v) is 9.04. The molecule has 0 fully saturated rings. The molecule has 2 aromatic carbocycles. The van der Waals surface area contributed by atoms with Gasteiger partial charge in [-0.25, -0.2) is 13.8 Å². The topological polar surface area (TPSA) is 58.2 Å². The van der Waals surface area contributed by atoms with Crippen LogP contribution < -0.4 is 4.90 Å². The van der Waals surface area contributed by atoms with E-state index in [-0.39, 0.29) is 17.2 Å². The zero-order valence-electron chi connectivity index (χ0n) is 15.5. The van der Waals surface area contributed by atoms with Crippen molar-refractivity contribution in [3.8, 4) is 0 Å². The molecule has 5 nitrogen and oxygen atoms in total. The maximum atomic E-state index is 14.7. The van der Waals surface area contributed by atoms with E-state index in [2.05, 4.69) is 9.97 Å². The maximum Gasteiger partial charge on any atom is 0.294 e. The quantitative estimate of drug-likeness (QED) is 0.699. The van der Waals surface area contributed by atoms with Crippen molar-refractivity contribution in [2.75, 3.05) is 12.0 Å². The van der Waals surface area contributed by atoms with Gasteiger partial charge in [0.2, 0.25) is 0 Å². The molecule has 0 saturated heterocycles. The number of amides is 1. The van der Waals surface area contributed by atoms with Gasteiger partial charge < -0.3 is 9.72 Å². The number of fused-ring (bicyclic) bond motifs is 1. The molecule has 0 bridgehead atoms. The second-order valence-corrected chi connectivity index (χ2v) is 6.63. The van der Waals surface area contributed by atoms with Gasteiger partial charge in [0.15, 0.2) is 17.4 Å². The molecular weight excluding hydrogens is 364 g/mol. The highest BCUT2D eigenvalue weighted by molar-refractivity contribution is 6.09. The average Bonchev–Trinajstić information content (AvgIpc) is 3.26. The summed E-state index contributed by atoms with van der Waals surface area (Å²) in [6.45, 7) is 1.96. The lowest BCUT2D eigenvalue weighted by molar-refractivity contribution is -0.117. The summed E-state index contributed by atoms with van der Waals surface area (Å²) < 4.78 is 34.1. The summed E-state index contributed by atoms with van der Waals surface area (Å²) in [6, 6.07) is 8.53. The van der Waals surface area contributed by atoms with Crippen LogP contribution in [0, 0.1) is 11.6 Å². The van der Waals surface area contributed by atoms with Crippen LogP contribution in [0.4, 0.5) is 14.5 Å². The number of ether oxygens (including phenoxy) is 1. The number of aromatic nitrogens is 2. The van der Waals surface area contributed by atoms with Crippen molar-refractivity contribution < 1.29 is 18.3 Å². The van der Waals surface area contributed by atoms with Crippen LogP contribution in [0.15, 0.2) is 54.1 Å². The molecular formula is C21H19F2N3O2. The van der Waals surface area contributed by atoms with E-state index in [0.717, 1.165) is 23.5 Å². The predicted octanol–water partition coefficient (Wildman–Crippen LogP) is 4.63. The van der Waals surface area contributed by atoms with Gasteiger partial charge in [0, 0.05) is 16.8 Å². The van der Waals surface area contributed by atoms with Crippen molar-refractivity contribution in [2.24, 2.45) is 0 Å². The largest absolute Gasteiger partial charge is 0.491 e. The summed E-state index contributed by atoms with van der Waals surface area (Å²) in [5.74, 6) is -2.10. The number of rotatable bonds is 5. The third-order valence-corrected chi connectivity index (χ3v) is 4.97.